The van der Waals surface area contributed by atoms with Crippen LogP contribution in [0.3, 0.4) is 0 Å². The van der Waals surface area contributed by atoms with Gasteiger partial charge in [-0.15, -0.1) is 22.7 Å². The fraction of sp³-hybridized carbons (Fsp3) is 0.308. The number of halogens is 2. The van der Waals surface area contributed by atoms with Crippen molar-refractivity contribution in [2.45, 2.75) is 27.7 Å². The molecule has 0 aliphatic heterocycles. The highest BCUT2D eigenvalue weighted by molar-refractivity contribution is 14.1. The molecule has 0 bridgehead atoms. The maximum Gasteiger partial charge on any atom is 0.215 e. The molecule has 18 heavy (non-hydrogen) atoms. The second kappa shape index (κ2) is 5.49. The van der Waals surface area contributed by atoms with Crippen molar-refractivity contribution < 1.29 is 4.79 Å². The molecule has 0 aliphatic rings. The Morgan fingerprint density at radius 3 is 1.39 bits per heavy atom. The van der Waals surface area contributed by atoms with Gasteiger partial charge in [0.05, 0.1) is 9.75 Å². The van der Waals surface area contributed by atoms with Gasteiger partial charge >= 0.3 is 0 Å². The van der Waals surface area contributed by atoms with Crippen LogP contribution in [0.15, 0.2) is 0 Å². The first kappa shape index (κ1) is 14.9. The summed E-state index contributed by atoms with van der Waals surface area (Å²) in [7, 11) is 0. The van der Waals surface area contributed by atoms with Gasteiger partial charge in [0.1, 0.15) is 0 Å². The first-order valence-electron chi connectivity index (χ1n) is 5.40. The molecule has 0 aliphatic carbocycles. The van der Waals surface area contributed by atoms with Gasteiger partial charge in [0, 0.05) is 16.9 Å². The minimum Gasteiger partial charge on any atom is -0.287 e. The van der Waals surface area contributed by atoms with Crippen molar-refractivity contribution in [2.75, 3.05) is 0 Å². The molecule has 1 nitrogen and oxygen atoms in total. The summed E-state index contributed by atoms with van der Waals surface area (Å²) in [6.45, 7) is 8.32. The Hall–Kier alpha value is 0.530. The van der Waals surface area contributed by atoms with E-state index in [-0.39, 0.29) is 5.78 Å². The van der Waals surface area contributed by atoms with Crippen LogP contribution in [-0.4, -0.2) is 5.78 Å². The number of hydrogen-bond acceptors (Lipinski definition) is 3. The van der Waals surface area contributed by atoms with E-state index in [9.17, 15) is 4.79 Å². The summed E-state index contributed by atoms with van der Waals surface area (Å²) >= 11 is 7.80. The zero-order valence-electron chi connectivity index (χ0n) is 10.5. The molecule has 0 aromatic carbocycles. The molecule has 2 rings (SSSR count). The van der Waals surface area contributed by atoms with Crippen molar-refractivity contribution >= 4 is 73.6 Å². The van der Waals surface area contributed by atoms with E-state index in [1.165, 1.54) is 20.9 Å². The molecule has 0 saturated carbocycles. The van der Waals surface area contributed by atoms with Crippen molar-refractivity contribution in [2.24, 2.45) is 0 Å². The van der Waals surface area contributed by atoms with E-state index in [1.807, 2.05) is 0 Å². The third-order valence-corrected chi connectivity index (χ3v) is 8.88. The molecule has 2 heterocycles. The third-order valence-electron chi connectivity index (χ3n) is 3.04. The van der Waals surface area contributed by atoms with Gasteiger partial charge in [0.2, 0.25) is 5.78 Å². The Morgan fingerprint density at radius 2 is 1.17 bits per heavy atom. The largest absolute Gasteiger partial charge is 0.287 e. The first-order valence-corrected chi connectivity index (χ1v) is 9.19. The summed E-state index contributed by atoms with van der Waals surface area (Å²) in [4.78, 5) is 16.9. The molecule has 0 atom stereocenters. The molecular weight excluding hydrogens is 490 g/mol. The highest BCUT2D eigenvalue weighted by Crippen LogP contribution is 2.35. The van der Waals surface area contributed by atoms with Crippen molar-refractivity contribution in [1.29, 1.82) is 0 Å². The van der Waals surface area contributed by atoms with E-state index >= 15 is 0 Å². The molecule has 96 valence electrons. The zero-order valence-corrected chi connectivity index (χ0v) is 16.4. The van der Waals surface area contributed by atoms with E-state index in [0.29, 0.717) is 0 Å². The predicted molar refractivity (Wildman–Crippen MR) is 96.5 cm³/mol. The number of rotatable bonds is 2. The van der Waals surface area contributed by atoms with Gasteiger partial charge in [-0.3, -0.25) is 4.79 Å². The second-order valence-corrected chi connectivity index (χ2v) is 8.79. The normalized spacial score (nSPS) is 11.0. The lowest BCUT2D eigenvalue weighted by atomic mass is 10.2. The van der Waals surface area contributed by atoms with Gasteiger partial charge in [0.25, 0.3) is 0 Å². The average molecular weight is 502 g/mol. The maximum atomic E-state index is 12.6. The van der Waals surface area contributed by atoms with Crippen LogP contribution in [0.5, 0.6) is 0 Å². The van der Waals surface area contributed by atoms with Gasteiger partial charge in [-0.25, -0.2) is 0 Å². The van der Waals surface area contributed by atoms with Gasteiger partial charge in [-0.2, -0.15) is 0 Å². The Labute approximate surface area is 142 Å². The monoisotopic (exact) mass is 502 g/mol. The third kappa shape index (κ3) is 2.43. The van der Waals surface area contributed by atoms with Crippen LogP contribution in [0.1, 0.15) is 35.4 Å². The Morgan fingerprint density at radius 1 is 0.833 bits per heavy atom. The van der Waals surface area contributed by atoms with Crippen LogP contribution in [0.25, 0.3) is 0 Å². The first-order chi connectivity index (χ1) is 8.34. The summed E-state index contributed by atoms with van der Waals surface area (Å²) in [5, 5.41) is 0. The van der Waals surface area contributed by atoms with E-state index in [1.54, 1.807) is 22.7 Å². The van der Waals surface area contributed by atoms with Crippen LogP contribution in [-0.2, 0) is 0 Å². The lowest BCUT2D eigenvalue weighted by molar-refractivity contribution is 0.104. The van der Waals surface area contributed by atoms with E-state index in [0.717, 1.165) is 16.9 Å². The lowest BCUT2D eigenvalue weighted by Crippen LogP contribution is -2.00. The Kier molecular flexibility index (Phi) is 4.56. The van der Waals surface area contributed by atoms with Crippen molar-refractivity contribution in [3.8, 4) is 0 Å². The van der Waals surface area contributed by atoms with Crippen LogP contribution in [0.4, 0.5) is 0 Å². The van der Waals surface area contributed by atoms with Gasteiger partial charge in [-0.05, 0) is 84.0 Å². The fourth-order valence-corrected chi connectivity index (χ4v) is 5.98. The smallest absolute Gasteiger partial charge is 0.215 e. The summed E-state index contributed by atoms with van der Waals surface area (Å²) in [5.74, 6) is 0.186. The predicted octanol–water partition coefficient (Wildman–Crippen LogP) is 5.48. The summed E-state index contributed by atoms with van der Waals surface area (Å²) < 4.78 is 2.22. The number of hydrogen-bond donors (Lipinski definition) is 0. The molecule has 0 radical (unpaired) electrons. The van der Waals surface area contributed by atoms with Gasteiger partial charge in [0.15, 0.2) is 0 Å². The van der Waals surface area contributed by atoms with Gasteiger partial charge in [-0.1, -0.05) is 0 Å². The van der Waals surface area contributed by atoms with Gasteiger partial charge < -0.3 is 0 Å². The SMILES string of the molecule is Cc1sc(C(=O)c2sc(C)c(C)c2I)c(I)c1C. The van der Waals surface area contributed by atoms with Crippen LogP contribution >= 0.6 is 67.9 Å². The fourth-order valence-electron chi connectivity index (χ4n) is 1.59. The Bertz CT molecular complexity index is 584. The maximum absolute atomic E-state index is 12.6. The number of ketones is 1. The summed E-state index contributed by atoms with van der Waals surface area (Å²) in [6, 6.07) is 0. The molecule has 2 aromatic rings. The highest BCUT2D eigenvalue weighted by Gasteiger charge is 2.23. The second-order valence-electron chi connectivity index (χ2n) is 4.18. The summed E-state index contributed by atoms with van der Waals surface area (Å²) in [5.41, 5.74) is 2.48. The molecule has 0 spiro atoms. The minimum atomic E-state index is 0.186. The van der Waals surface area contributed by atoms with Crippen molar-refractivity contribution in [3.05, 3.63) is 37.8 Å². The lowest BCUT2D eigenvalue weighted by Gasteiger charge is -1.97. The number of thiophene rings is 2. The highest BCUT2D eigenvalue weighted by atomic mass is 127. The van der Waals surface area contributed by atoms with E-state index < -0.39 is 0 Å². The van der Waals surface area contributed by atoms with Crippen molar-refractivity contribution in [1.82, 2.24) is 0 Å². The number of carbonyl (C=O) groups excluding carboxylic acids is 1. The molecule has 0 saturated heterocycles. The van der Waals surface area contributed by atoms with Crippen LogP contribution < -0.4 is 0 Å². The molecule has 2 aromatic heterocycles. The number of carbonyl (C=O) groups is 1. The van der Waals surface area contributed by atoms with Crippen molar-refractivity contribution in [3.63, 3.8) is 0 Å². The quantitative estimate of drug-likeness (QED) is 0.393. The zero-order chi connectivity index (χ0) is 13.6. The minimum absolute atomic E-state index is 0.186. The molecule has 0 unspecified atom stereocenters. The molecule has 0 N–H and O–H groups in total. The van der Waals surface area contributed by atoms with E-state index in [2.05, 4.69) is 72.9 Å². The van der Waals surface area contributed by atoms with E-state index in [4.69, 9.17) is 0 Å². The Balaban J connectivity index is 2.55. The number of aryl methyl sites for hydroxylation is 2. The molecular formula is C13H12I2OS2. The van der Waals surface area contributed by atoms with Crippen LogP contribution in [0, 0.1) is 34.8 Å². The topological polar surface area (TPSA) is 17.1 Å². The molecule has 0 fully saturated rings. The summed E-state index contributed by atoms with van der Waals surface area (Å²) in [6.07, 6.45) is 0. The standard InChI is InChI=1S/C13H12I2OS2/c1-5-7(3)17-12(9(5)14)11(16)13-10(15)6(2)8(4)18-13/h1-4H3. The molecule has 0 amide bonds. The van der Waals surface area contributed by atoms with Crippen LogP contribution in [0.2, 0.25) is 0 Å². The average Bonchev–Trinajstić information content (AvgIpc) is 2.74. The molecule has 5 heteroatoms.